The van der Waals surface area contributed by atoms with Gasteiger partial charge in [0, 0.05) is 5.56 Å². The van der Waals surface area contributed by atoms with Crippen LogP contribution in [0.4, 0.5) is 14.5 Å². The van der Waals surface area contributed by atoms with E-state index in [1.165, 1.54) is 0 Å². The minimum absolute atomic E-state index is 0.237. The molecule has 0 aliphatic carbocycles. The van der Waals surface area contributed by atoms with Crippen LogP contribution in [-0.4, -0.2) is 5.78 Å². The van der Waals surface area contributed by atoms with Crippen molar-refractivity contribution in [3.8, 4) is 6.07 Å². The molecule has 1 aromatic carbocycles. The molecule has 0 unspecified atom stereocenters. The van der Waals surface area contributed by atoms with Crippen molar-refractivity contribution in [2.24, 2.45) is 0 Å². The number of benzene rings is 1. The molecular formula is C10H4F2N2O. The lowest BCUT2D eigenvalue weighted by Gasteiger charge is -2.00. The lowest BCUT2D eigenvalue weighted by atomic mass is 10.1. The Morgan fingerprint density at radius 3 is 2.40 bits per heavy atom. The lowest BCUT2D eigenvalue weighted by Crippen LogP contribution is -1.99. The van der Waals surface area contributed by atoms with Crippen LogP contribution in [0.15, 0.2) is 12.1 Å². The van der Waals surface area contributed by atoms with Crippen LogP contribution in [0.5, 0.6) is 0 Å². The van der Waals surface area contributed by atoms with Gasteiger partial charge in [0.2, 0.25) is 0 Å². The maximum atomic E-state index is 13.0. The molecule has 0 fully saturated rings. The van der Waals surface area contributed by atoms with Gasteiger partial charge in [0.1, 0.15) is 11.6 Å². The summed E-state index contributed by atoms with van der Waals surface area (Å²) in [5.41, 5.74) is -0.984. The number of nitriles is 1. The van der Waals surface area contributed by atoms with Gasteiger partial charge in [-0.25, -0.2) is 13.6 Å². The van der Waals surface area contributed by atoms with Crippen LogP contribution in [0.2, 0.25) is 0 Å². The summed E-state index contributed by atoms with van der Waals surface area (Å²) in [6, 6.07) is 3.10. The minimum Gasteiger partial charge on any atom is -0.293 e. The molecule has 0 radical (unpaired) electrons. The van der Waals surface area contributed by atoms with Crippen molar-refractivity contribution in [2.75, 3.05) is 0 Å². The normalized spacial score (nSPS) is 9.07. The molecule has 0 heterocycles. The highest BCUT2D eigenvalue weighted by atomic mass is 19.1. The Morgan fingerprint density at radius 1 is 1.47 bits per heavy atom. The standard InChI is InChI=1S/C10H4F2N2O/c1-14-10-7(11)4-6(5-8(10)12)9(15)2-3-13/h4-5H,2H2. The number of rotatable bonds is 2. The molecule has 0 bridgehead atoms. The van der Waals surface area contributed by atoms with Crippen molar-refractivity contribution in [3.63, 3.8) is 0 Å². The molecule has 15 heavy (non-hydrogen) atoms. The number of carbonyl (C=O) groups is 1. The van der Waals surface area contributed by atoms with Crippen LogP contribution in [0.3, 0.4) is 0 Å². The van der Waals surface area contributed by atoms with Gasteiger partial charge in [0.15, 0.2) is 5.78 Å². The molecule has 0 N–H and O–H groups in total. The first kappa shape index (κ1) is 10.8. The Kier molecular flexibility index (Phi) is 3.10. The third-order valence-corrected chi connectivity index (χ3v) is 1.69. The average Bonchev–Trinajstić information content (AvgIpc) is 2.17. The van der Waals surface area contributed by atoms with E-state index < -0.39 is 29.5 Å². The average molecular weight is 206 g/mol. The van der Waals surface area contributed by atoms with Gasteiger partial charge in [-0.05, 0) is 12.1 Å². The summed E-state index contributed by atoms with van der Waals surface area (Å²) in [6.07, 6.45) is -0.448. The number of carbonyl (C=O) groups excluding carboxylic acids is 1. The van der Waals surface area contributed by atoms with Gasteiger partial charge in [-0.15, -0.1) is 0 Å². The van der Waals surface area contributed by atoms with Crippen LogP contribution in [0.25, 0.3) is 4.85 Å². The molecule has 0 spiro atoms. The predicted molar refractivity (Wildman–Crippen MR) is 47.2 cm³/mol. The smallest absolute Gasteiger partial charge is 0.256 e. The fourth-order valence-corrected chi connectivity index (χ4v) is 1.01. The van der Waals surface area contributed by atoms with Gasteiger partial charge in [-0.3, -0.25) is 4.79 Å². The summed E-state index contributed by atoms with van der Waals surface area (Å²) in [6.45, 7) is 6.49. The number of hydrogen-bond acceptors (Lipinski definition) is 2. The molecule has 0 atom stereocenters. The monoisotopic (exact) mass is 206 g/mol. The van der Waals surface area contributed by atoms with Gasteiger partial charge in [-0.2, -0.15) is 5.26 Å². The van der Waals surface area contributed by atoms with Crippen LogP contribution in [-0.2, 0) is 0 Å². The first-order chi connectivity index (χ1) is 7.10. The van der Waals surface area contributed by atoms with Gasteiger partial charge in [0.05, 0.1) is 19.1 Å². The molecule has 3 nitrogen and oxygen atoms in total. The van der Waals surface area contributed by atoms with Crippen molar-refractivity contribution in [2.45, 2.75) is 6.42 Å². The number of halogens is 2. The lowest BCUT2D eigenvalue weighted by molar-refractivity contribution is 0.0997. The summed E-state index contributed by atoms with van der Waals surface area (Å²) in [4.78, 5) is 13.8. The highest BCUT2D eigenvalue weighted by Gasteiger charge is 2.14. The number of hydrogen-bond donors (Lipinski definition) is 0. The van der Waals surface area contributed by atoms with Crippen molar-refractivity contribution in [1.82, 2.24) is 0 Å². The van der Waals surface area contributed by atoms with Gasteiger partial charge in [0.25, 0.3) is 5.69 Å². The Balaban J connectivity index is 3.23. The molecule has 1 aromatic rings. The second-order valence-corrected chi connectivity index (χ2v) is 2.66. The molecule has 1 rings (SSSR count). The van der Waals surface area contributed by atoms with Gasteiger partial charge >= 0.3 is 0 Å². The van der Waals surface area contributed by atoms with Gasteiger partial charge < -0.3 is 0 Å². The molecule has 0 aliphatic heterocycles. The Bertz CT molecular complexity index is 474. The fourth-order valence-electron chi connectivity index (χ4n) is 1.01. The van der Waals surface area contributed by atoms with E-state index in [0.717, 1.165) is 12.1 Å². The van der Waals surface area contributed by atoms with Crippen molar-refractivity contribution in [1.29, 1.82) is 5.26 Å². The van der Waals surface area contributed by atoms with E-state index in [2.05, 4.69) is 4.85 Å². The van der Waals surface area contributed by atoms with E-state index in [-0.39, 0.29) is 5.56 Å². The zero-order valence-corrected chi connectivity index (χ0v) is 7.42. The van der Waals surface area contributed by atoms with Crippen molar-refractivity contribution in [3.05, 3.63) is 40.7 Å². The fraction of sp³-hybridized carbons (Fsp3) is 0.100. The van der Waals surface area contributed by atoms with E-state index >= 15 is 0 Å². The van der Waals surface area contributed by atoms with Crippen LogP contribution in [0, 0.1) is 29.5 Å². The molecular weight excluding hydrogens is 202 g/mol. The van der Waals surface area contributed by atoms with Crippen LogP contribution >= 0.6 is 0 Å². The van der Waals surface area contributed by atoms with E-state index in [4.69, 9.17) is 11.8 Å². The summed E-state index contributed by atoms with van der Waals surface area (Å²) >= 11 is 0. The van der Waals surface area contributed by atoms with E-state index in [1.54, 1.807) is 6.07 Å². The van der Waals surface area contributed by atoms with Crippen molar-refractivity contribution < 1.29 is 13.6 Å². The zero-order chi connectivity index (χ0) is 11.4. The van der Waals surface area contributed by atoms with Gasteiger partial charge in [-0.1, -0.05) is 0 Å². The molecule has 0 aromatic heterocycles. The Labute approximate surface area is 84.4 Å². The Morgan fingerprint density at radius 2 is 2.00 bits per heavy atom. The van der Waals surface area contributed by atoms with E-state index in [0.29, 0.717) is 0 Å². The van der Waals surface area contributed by atoms with E-state index in [9.17, 15) is 13.6 Å². The molecule has 5 heteroatoms. The predicted octanol–water partition coefficient (Wildman–Crippen LogP) is 2.61. The first-order valence-electron chi connectivity index (χ1n) is 3.86. The summed E-state index contributed by atoms with van der Waals surface area (Å²) in [5, 5.41) is 8.23. The van der Waals surface area contributed by atoms with E-state index in [1.807, 2.05) is 0 Å². The molecule has 0 aliphatic rings. The second kappa shape index (κ2) is 4.30. The first-order valence-corrected chi connectivity index (χ1v) is 3.86. The molecule has 0 saturated carbocycles. The largest absolute Gasteiger partial charge is 0.293 e. The van der Waals surface area contributed by atoms with Crippen LogP contribution < -0.4 is 0 Å². The molecule has 74 valence electrons. The number of Topliss-reactive ketones (excluding diaryl/α,β-unsaturated/α-hetero) is 1. The van der Waals surface area contributed by atoms with Crippen LogP contribution in [0.1, 0.15) is 16.8 Å². The SMILES string of the molecule is [C-]#[N+]c1c(F)cc(C(=O)CC#N)cc1F. The third-order valence-electron chi connectivity index (χ3n) is 1.69. The maximum absolute atomic E-state index is 13.0. The maximum Gasteiger partial charge on any atom is 0.256 e. The summed E-state index contributed by atoms with van der Waals surface area (Å²) in [7, 11) is 0. The number of ketones is 1. The highest BCUT2D eigenvalue weighted by Crippen LogP contribution is 2.24. The van der Waals surface area contributed by atoms with Crippen molar-refractivity contribution >= 4 is 11.5 Å². The second-order valence-electron chi connectivity index (χ2n) is 2.66. The third kappa shape index (κ3) is 2.15. The molecule has 0 saturated heterocycles. The zero-order valence-electron chi connectivity index (χ0n) is 7.42. The summed E-state index contributed by atoms with van der Waals surface area (Å²) < 4.78 is 26.0. The highest BCUT2D eigenvalue weighted by molar-refractivity contribution is 5.97. The quantitative estimate of drug-likeness (QED) is 0.551. The number of nitrogens with zero attached hydrogens (tertiary/aromatic N) is 2. The molecule has 0 amide bonds. The summed E-state index contributed by atoms with van der Waals surface area (Å²) in [5.74, 6) is -2.86. The minimum atomic E-state index is -1.09. The Hall–Kier alpha value is -2.27. The topological polar surface area (TPSA) is 45.2 Å².